The molecule has 6 heteroatoms. The third-order valence-corrected chi connectivity index (χ3v) is 4.01. The predicted molar refractivity (Wildman–Crippen MR) is 95.9 cm³/mol. The minimum atomic E-state index is -0.378. The number of H-pyrrole nitrogens is 1. The maximum absolute atomic E-state index is 12.9. The zero-order valence-corrected chi connectivity index (χ0v) is 13.8. The fourth-order valence-corrected chi connectivity index (χ4v) is 2.57. The smallest absolute Gasteiger partial charge is 0.256 e. The number of hydrogen-bond donors (Lipinski definition) is 3. The summed E-state index contributed by atoms with van der Waals surface area (Å²) < 4.78 is 12.9. The monoisotopic (exact) mass is 338 g/mol. The molecule has 5 nitrogen and oxygen atoms in total. The molecule has 0 radical (unpaired) electrons. The molecule has 0 unspecified atom stereocenters. The summed E-state index contributed by atoms with van der Waals surface area (Å²) in [6, 6.07) is 13.0. The van der Waals surface area contributed by atoms with Gasteiger partial charge in [-0.25, -0.2) is 4.39 Å². The van der Waals surface area contributed by atoms with E-state index in [9.17, 15) is 9.18 Å². The molecule has 25 heavy (non-hydrogen) atoms. The lowest BCUT2D eigenvalue weighted by Gasteiger charge is -2.05. The number of benzene rings is 2. The van der Waals surface area contributed by atoms with E-state index in [2.05, 4.69) is 15.5 Å². The van der Waals surface area contributed by atoms with E-state index in [0.717, 1.165) is 24.2 Å². The average Bonchev–Trinajstić information content (AvgIpc) is 3.03. The van der Waals surface area contributed by atoms with Gasteiger partial charge in [0.2, 0.25) is 0 Å². The van der Waals surface area contributed by atoms with Crippen LogP contribution in [0.4, 0.5) is 15.9 Å². The molecule has 0 saturated carbocycles. The SMILES string of the molecule is Cc1ccc(N)cc1CCc1cc(NC(=O)c2ccc(F)cc2)[nH]n1. The Bertz CT molecular complexity index is 887. The van der Waals surface area contributed by atoms with E-state index in [-0.39, 0.29) is 11.7 Å². The summed E-state index contributed by atoms with van der Waals surface area (Å²) >= 11 is 0. The van der Waals surface area contributed by atoms with Gasteiger partial charge in [-0.1, -0.05) is 6.07 Å². The molecule has 0 fully saturated rings. The first kappa shape index (κ1) is 16.7. The standard InChI is InChI=1S/C19H19FN4O/c1-12-2-8-16(21)10-14(12)5-9-17-11-18(24-23-17)22-19(25)13-3-6-15(20)7-4-13/h2-4,6-8,10-11H,5,9,21H2,1H3,(H2,22,23,24,25). The van der Waals surface area contributed by atoms with Gasteiger partial charge in [0.15, 0.2) is 0 Å². The number of anilines is 2. The molecule has 4 N–H and O–H groups in total. The number of amides is 1. The van der Waals surface area contributed by atoms with Gasteiger partial charge >= 0.3 is 0 Å². The largest absolute Gasteiger partial charge is 0.399 e. The van der Waals surface area contributed by atoms with Crippen molar-refractivity contribution in [3.8, 4) is 0 Å². The Morgan fingerprint density at radius 1 is 1.16 bits per heavy atom. The first-order valence-electron chi connectivity index (χ1n) is 7.97. The first-order chi connectivity index (χ1) is 12.0. The van der Waals surface area contributed by atoms with E-state index < -0.39 is 0 Å². The van der Waals surface area contributed by atoms with Crippen LogP contribution in [0.15, 0.2) is 48.5 Å². The van der Waals surface area contributed by atoms with Gasteiger partial charge in [0, 0.05) is 17.3 Å². The lowest BCUT2D eigenvalue weighted by Crippen LogP contribution is -2.12. The third-order valence-electron chi connectivity index (χ3n) is 4.01. The number of halogens is 1. The highest BCUT2D eigenvalue weighted by atomic mass is 19.1. The van der Waals surface area contributed by atoms with Crippen LogP contribution in [0.2, 0.25) is 0 Å². The van der Waals surface area contributed by atoms with E-state index in [1.54, 1.807) is 6.07 Å². The Kier molecular flexibility index (Phi) is 4.79. The van der Waals surface area contributed by atoms with Gasteiger partial charge in [0.05, 0.1) is 5.69 Å². The second kappa shape index (κ2) is 7.17. The van der Waals surface area contributed by atoms with Crippen LogP contribution < -0.4 is 11.1 Å². The zero-order valence-electron chi connectivity index (χ0n) is 13.8. The maximum atomic E-state index is 12.9. The number of carbonyl (C=O) groups excluding carboxylic acids is 1. The quantitative estimate of drug-likeness (QED) is 0.623. The molecule has 0 aliphatic carbocycles. The van der Waals surface area contributed by atoms with Gasteiger partial charge in [-0.3, -0.25) is 9.89 Å². The molecule has 1 aromatic heterocycles. The molecule has 0 spiro atoms. The summed E-state index contributed by atoms with van der Waals surface area (Å²) in [5, 5.41) is 9.73. The van der Waals surface area contributed by atoms with E-state index in [1.807, 2.05) is 25.1 Å². The number of hydrogen-bond acceptors (Lipinski definition) is 3. The van der Waals surface area contributed by atoms with Crippen LogP contribution in [0.3, 0.4) is 0 Å². The number of aromatic amines is 1. The molecular weight excluding hydrogens is 319 g/mol. The molecule has 128 valence electrons. The van der Waals surface area contributed by atoms with Crippen LogP contribution in [-0.4, -0.2) is 16.1 Å². The van der Waals surface area contributed by atoms with Gasteiger partial charge in [-0.05, 0) is 67.3 Å². The van der Waals surface area contributed by atoms with Crippen LogP contribution in [-0.2, 0) is 12.8 Å². The van der Waals surface area contributed by atoms with Crippen LogP contribution in [0.1, 0.15) is 27.2 Å². The van der Waals surface area contributed by atoms with Gasteiger partial charge in [-0.2, -0.15) is 5.10 Å². The lowest BCUT2D eigenvalue weighted by molar-refractivity contribution is 0.102. The number of nitrogens with one attached hydrogen (secondary N) is 2. The molecule has 3 aromatic rings. The summed E-state index contributed by atoms with van der Waals surface area (Å²) in [6.07, 6.45) is 1.54. The Balaban J connectivity index is 1.61. The average molecular weight is 338 g/mol. The predicted octanol–water partition coefficient (Wildman–Crippen LogP) is 3.48. The van der Waals surface area contributed by atoms with Crippen LogP contribution >= 0.6 is 0 Å². The lowest BCUT2D eigenvalue weighted by atomic mass is 10.0. The highest BCUT2D eigenvalue weighted by Gasteiger charge is 2.09. The van der Waals surface area contributed by atoms with Crippen molar-refractivity contribution in [2.45, 2.75) is 19.8 Å². The van der Waals surface area contributed by atoms with Gasteiger partial charge < -0.3 is 11.1 Å². The van der Waals surface area contributed by atoms with Gasteiger partial charge in [0.1, 0.15) is 11.6 Å². The van der Waals surface area contributed by atoms with Crippen molar-refractivity contribution in [3.05, 3.63) is 76.7 Å². The van der Waals surface area contributed by atoms with Crippen molar-refractivity contribution in [1.29, 1.82) is 0 Å². The van der Waals surface area contributed by atoms with E-state index in [1.165, 1.54) is 35.4 Å². The molecule has 0 saturated heterocycles. The number of rotatable bonds is 5. The highest BCUT2D eigenvalue weighted by Crippen LogP contribution is 2.16. The van der Waals surface area contributed by atoms with Crippen molar-refractivity contribution >= 4 is 17.4 Å². The molecule has 0 aliphatic heterocycles. The summed E-state index contributed by atoms with van der Waals surface area (Å²) in [5.74, 6) is -0.187. The van der Waals surface area contributed by atoms with Crippen LogP contribution in [0.25, 0.3) is 0 Å². The van der Waals surface area contributed by atoms with E-state index >= 15 is 0 Å². The molecule has 3 rings (SSSR count). The number of nitrogen functional groups attached to an aromatic ring is 1. The normalized spacial score (nSPS) is 10.6. The molecule has 2 aromatic carbocycles. The summed E-state index contributed by atoms with van der Waals surface area (Å²) in [5.41, 5.74) is 10.2. The van der Waals surface area contributed by atoms with Gasteiger partial charge in [0.25, 0.3) is 5.91 Å². The number of nitrogens with zero attached hydrogens (tertiary/aromatic N) is 1. The molecule has 1 amide bonds. The first-order valence-corrected chi connectivity index (χ1v) is 7.97. The third kappa shape index (κ3) is 4.23. The fourth-order valence-electron chi connectivity index (χ4n) is 2.57. The fraction of sp³-hybridized carbons (Fsp3) is 0.158. The number of aryl methyl sites for hydroxylation is 3. The van der Waals surface area contributed by atoms with E-state index in [4.69, 9.17) is 5.73 Å². The zero-order chi connectivity index (χ0) is 17.8. The Hall–Kier alpha value is -3.15. The van der Waals surface area contributed by atoms with Gasteiger partial charge in [-0.15, -0.1) is 0 Å². The van der Waals surface area contributed by atoms with Crippen LogP contribution in [0, 0.1) is 12.7 Å². The molecule has 0 bridgehead atoms. The maximum Gasteiger partial charge on any atom is 0.256 e. The second-order valence-electron chi connectivity index (χ2n) is 5.92. The number of nitrogens with two attached hydrogens (primary N) is 1. The summed E-state index contributed by atoms with van der Waals surface area (Å²) in [4.78, 5) is 12.1. The minimum Gasteiger partial charge on any atom is -0.399 e. The number of carbonyl (C=O) groups is 1. The summed E-state index contributed by atoms with van der Waals surface area (Å²) in [7, 11) is 0. The molecule has 0 aliphatic rings. The van der Waals surface area contributed by atoms with Crippen LogP contribution in [0.5, 0.6) is 0 Å². The Morgan fingerprint density at radius 3 is 2.68 bits per heavy atom. The molecule has 0 atom stereocenters. The topological polar surface area (TPSA) is 83.8 Å². The molecule has 1 heterocycles. The molecular formula is C19H19FN4O. The van der Waals surface area contributed by atoms with Crippen molar-refractivity contribution in [3.63, 3.8) is 0 Å². The highest BCUT2D eigenvalue weighted by molar-refractivity contribution is 6.03. The van der Waals surface area contributed by atoms with Crippen molar-refractivity contribution in [2.75, 3.05) is 11.1 Å². The van der Waals surface area contributed by atoms with Crippen molar-refractivity contribution < 1.29 is 9.18 Å². The Labute approximate surface area is 145 Å². The van der Waals surface area contributed by atoms with Crippen molar-refractivity contribution in [2.24, 2.45) is 0 Å². The second-order valence-corrected chi connectivity index (χ2v) is 5.92. The van der Waals surface area contributed by atoms with Crippen molar-refractivity contribution in [1.82, 2.24) is 10.2 Å². The van der Waals surface area contributed by atoms with E-state index in [0.29, 0.717) is 11.4 Å². The minimum absolute atomic E-state index is 0.318. The summed E-state index contributed by atoms with van der Waals surface area (Å²) in [6.45, 7) is 2.05. The number of aromatic nitrogens is 2. The Morgan fingerprint density at radius 2 is 1.92 bits per heavy atom.